The maximum absolute atomic E-state index is 12.6. The lowest BCUT2D eigenvalue weighted by atomic mass is 9.94. The van der Waals surface area contributed by atoms with Crippen LogP contribution >= 0.6 is 0 Å². The summed E-state index contributed by atoms with van der Waals surface area (Å²) in [5.41, 5.74) is 0.981. The number of rotatable bonds is 4. The zero-order valence-corrected chi connectivity index (χ0v) is 14.8. The molecule has 0 aromatic carbocycles. The minimum Gasteiger partial charge on any atom is -0.378 e. The second-order valence-corrected chi connectivity index (χ2v) is 6.80. The van der Waals surface area contributed by atoms with E-state index in [4.69, 9.17) is 4.74 Å². The molecule has 2 saturated heterocycles. The first kappa shape index (κ1) is 17.1. The van der Waals surface area contributed by atoms with Crippen molar-refractivity contribution in [3.63, 3.8) is 0 Å². The normalized spacial score (nSPS) is 21.7. The van der Waals surface area contributed by atoms with Gasteiger partial charge in [-0.25, -0.2) is 9.97 Å². The van der Waals surface area contributed by atoms with E-state index in [1.54, 1.807) is 24.9 Å². The van der Waals surface area contributed by atoms with Crippen LogP contribution in [0.3, 0.4) is 0 Å². The molecule has 4 rings (SSSR count). The predicted octanol–water partition coefficient (Wildman–Crippen LogP) is 0.701. The third-order valence-electron chi connectivity index (χ3n) is 5.07. The summed E-state index contributed by atoms with van der Waals surface area (Å²) in [5, 5.41) is 0. The average molecular weight is 356 g/mol. The molecule has 0 aliphatic carbocycles. The van der Waals surface area contributed by atoms with Crippen LogP contribution in [0.1, 0.15) is 24.5 Å². The predicted molar refractivity (Wildman–Crippen MR) is 95.0 cm³/mol. The highest BCUT2D eigenvalue weighted by Gasteiger charge is 2.28. The maximum atomic E-state index is 12.6. The Morgan fingerprint density at radius 2 is 2.00 bits per heavy atom. The number of piperidine rings is 1. The summed E-state index contributed by atoms with van der Waals surface area (Å²) in [6.45, 7) is 4.93. The average Bonchev–Trinajstić information content (AvgIpc) is 3.23. The van der Waals surface area contributed by atoms with Gasteiger partial charge < -0.3 is 9.64 Å². The van der Waals surface area contributed by atoms with Crippen molar-refractivity contribution >= 4 is 5.91 Å². The Labute approximate surface area is 152 Å². The van der Waals surface area contributed by atoms with E-state index in [1.165, 1.54) is 0 Å². The highest BCUT2D eigenvalue weighted by atomic mass is 16.5. The number of imidazole rings is 1. The maximum Gasteiger partial charge on any atom is 0.236 e. The van der Waals surface area contributed by atoms with Gasteiger partial charge in [-0.05, 0) is 19.4 Å². The third-order valence-corrected chi connectivity index (χ3v) is 5.07. The number of ether oxygens (including phenoxy) is 1. The molecule has 0 unspecified atom stereocenters. The lowest BCUT2D eigenvalue weighted by Crippen LogP contribution is -2.47. The van der Waals surface area contributed by atoms with Crippen LogP contribution in [0.2, 0.25) is 0 Å². The first-order valence-electron chi connectivity index (χ1n) is 9.18. The zero-order chi connectivity index (χ0) is 17.8. The summed E-state index contributed by atoms with van der Waals surface area (Å²) < 4.78 is 7.24. The molecule has 4 heterocycles. The standard InChI is InChI=1S/C18H24N6O2/c25-16(23-8-10-26-11-9-23)13-22-6-1-2-15(12-22)17-18(21-4-3-20-17)24-7-5-19-14-24/h3-5,7,14-15H,1-2,6,8-13H2/t15-/m0/s1. The van der Waals surface area contributed by atoms with Crippen LogP contribution in [-0.2, 0) is 9.53 Å². The van der Waals surface area contributed by atoms with Crippen molar-refractivity contribution in [2.24, 2.45) is 0 Å². The van der Waals surface area contributed by atoms with E-state index in [2.05, 4.69) is 19.9 Å². The van der Waals surface area contributed by atoms with E-state index in [0.717, 1.165) is 37.4 Å². The van der Waals surface area contributed by atoms with Crippen molar-refractivity contribution in [1.29, 1.82) is 0 Å². The van der Waals surface area contributed by atoms with Gasteiger partial charge in [-0.3, -0.25) is 19.2 Å². The summed E-state index contributed by atoms with van der Waals surface area (Å²) in [6.07, 6.45) is 10.9. The van der Waals surface area contributed by atoms with Gasteiger partial charge in [0.1, 0.15) is 6.33 Å². The Bertz CT molecular complexity index is 729. The first-order valence-corrected chi connectivity index (χ1v) is 9.18. The monoisotopic (exact) mass is 356 g/mol. The molecule has 2 fully saturated rings. The molecule has 8 nitrogen and oxygen atoms in total. The van der Waals surface area contributed by atoms with Crippen LogP contribution in [0.15, 0.2) is 31.1 Å². The van der Waals surface area contributed by atoms with Crippen LogP contribution < -0.4 is 0 Å². The van der Waals surface area contributed by atoms with Gasteiger partial charge in [-0.2, -0.15) is 0 Å². The largest absolute Gasteiger partial charge is 0.378 e. The molecule has 0 bridgehead atoms. The van der Waals surface area contributed by atoms with Crippen molar-refractivity contribution in [2.75, 3.05) is 45.9 Å². The molecule has 1 amide bonds. The Kier molecular flexibility index (Phi) is 5.21. The van der Waals surface area contributed by atoms with Crippen molar-refractivity contribution in [3.8, 4) is 5.82 Å². The quantitative estimate of drug-likeness (QED) is 0.803. The molecule has 0 saturated carbocycles. The summed E-state index contributed by atoms with van der Waals surface area (Å²) >= 11 is 0. The Morgan fingerprint density at radius 1 is 1.15 bits per heavy atom. The van der Waals surface area contributed by atoms with Crippen molar-refractivity contribution in [3.05, 3.63) is 36.8 Å². The van der Waals surface area contributed by atoms with Gasteiger partial charge in [0, 0.05) is 50.3 Å². The number of amides is 1. The second kappa shape index (κ2) is 7.92. The molecule has 8 heteroatoms. The van der Waals surface area contributed by atoms with Crippen molar-refractivity contribution in [2.45, 2.75) is 18.8 Å². The summed E-state index contributed by atoms with van der Waals surface area (Å²) in [7, 11) is 0. The number of hydrogen-bond donors (Lipinski definition) is 0. The van der Waals surface area contributed by atoms with Crippen LogP contribution in [0.4, 0.5) is 0 Å². The van der Waals surface area contributed by atoms with Gasteiger partial charge in [-0.1, -0.05) is 0 Å². The fraction of sp³-hybridized carbons (Fsp3) is 0.556. The number of aromatic nitrogens is 4. The van der Waals surface area contributed by atoms with Gasteiger partial charge in [0.25, 0.3) is 0 Å². The Balaban J connectivity index is 1.45. The number of morpholine rings is 1. The van der Waals surface area contributed by atoms with E-state index < -0.39 is 0 Å². The molecule has 0 spiro atoms. The Hall–Kier alpha value is -2.32. The number of likely N-dealkylation sites (tertiary alicyclic amines) is 1. The van der Waals surface area contributed by atoms with Gasteiger partial charge in [0.2, 0.25) is 5.91 Å². The van der Waals surface area contributed by atoms with E-state index in [-0.39, 0.29) is 11.8 Å². The van der Waals surface area contributed by atoms with Gasteiger partial charge in [0.15, 0.2) is 5.82 Å². The highest BCUT2D eigenvalue weighted by Crippen LogP contribution is 2.28. The summed E-state index contributed by atoms with van der Waals surface area (Å²) in [6, 6.07) is 0. The zero-order valence-electron chi connectivity index (χ0n) is 14.8. The topological polar surface area (TPSA) is 76.4 Å². The van der Waals surface area contributed by atoms with Crippen LogP contribution in [0.25, 0.3) is 5.82 Å². The van der Waals surface area contributed by atoms with E-state index in [1.807, 2.05) is 15.7 Å². The Morgan fingerprint density at radius 3 is 2.81 bits per heavy atom. The summed E-state index contributed by atoms with van der Waals surface area (Å²) in [5.74, 6) is 1.30. The molecule has 2 aliphatic rings. The molecule has 2 aliphatic heterocycles. The number of carbonyl (C=O) groups excluding carboxylic acids is 1. The second-order valence-electron chi connectivity index (χ2n) is 6.80. The molecule has 1 atom stereocenters. The first-order chi connectivity index (χ1) is 12.8. The molecule has 2 aromatic rings. The molecule has 0 N–H and O–H groups in total. The molecule has 26 heavy (non-hydrogen) atoms. The molecule has 0 radical (unpaired) electrons. The molecular formula is C18H24N6O2. The van der Waals surface area contributed by atoms with Crippen molar-refractivity contribution in [1.82, 2.24) is 29.3 Å². The van der Waals surface area contributed by atoms with Gasteiger partial charge in [0.05, 0.1) is 25.5 Å². The fourth-order valence-electron chi connectivity index (χ4n) is 3.74. The lowest BCUT2D eigenvalue weighted by molar-refractivity contribution is -0.136. The van der Waals surface area contributed by atoms with Crippen LogP contribution in [-0.4, -0.2) is 81.2 Å². The SMILES string of the molecule is O=C(CN1CCC[C@H](c2nccnc2-n2ccnc2)C1)N1CCOCC1. The van der Waals surface area contributed by atoms with Gasteiger partial charge in [-0.15, -0.1) is 0 Å². The third kappa shape index (κ3) is 3.76. The highest BCUT2D eigenvalue weighted by molar-refractivity contribution is 5.78. The van der Waals surface area contributed by atoms with Crippen molar-refractivity contribution < 1.29 is 9.53 Å². The van der Waals surface area contributed by atoms with Gasteiger partial charge >= 0.3 is 0 Å². The minimum atomic E-state index is 0.197. The minimum absolute atomic E-state index is 0.197. The number of hydrogen-bond acceptors (Lipinski definition) is 6. The van der Waals surface area contributed by atoms with Crippen LogP contribution in [0, 0.1) is 0 Å². The number of carbonyl (C=O) groups is 1. The van der Waals surface area contributed by atoms with Crippen LogP contribution in [0.5, 0.6) is 0 Å². The molecule has 138 valence electrons. The lowest BCUT2D eigenvalue weighted by Gasteiger charge is -2.34. The smallest absolute Gasteiger partial charge is 0.236 e. The summed E-state index contributed by atoms with van der Waals surface area (Å²) in [4.78, 5) is 29.9. The molecule has 2 aromatic heterocycles. The van der Waals surface area contributed by atoms with E-state index >= 15 is 0 Å². The molecular weight excluding hydrogens is 332 g/mol. The van der Waals surface area contributed by atoms with E-state index in [9.17, 15) is 4.79 Å². The number of nitrogens with zero attached hydrogens (tertiary/aromatic N) is 6. The van der Waals surface area contributed by atoms with E-state index in [0.29, 0.717) is 32.8 Å². The fourth-order valence-corrected chi connectivity index (χ4v) is 3.74.